The van der Waals surface area contributed by atoms with Gasteiger partial charge in [-0.2, -0.15) is 5.10 Å². The number of furan rings is 1. The molecule has 0 saturated heterocycles. The van der Waals surface area contributed by atoms with E-state index in [1.165, 1.54) is 11.0 Å². The van der Waals surface area contributed by atoms with Gasteiger partial charge in [-0.3, -0.25) is 14.0 Å². The summed E-state index contributed by atoms with van der Waals surface area (Å²) in [5, 5.41) is 6.98. The van der Waals surface area contributed by atoms with Crippen molar-refractivity contribution in [3.63, 3.8) is 0 Å². The number of nitrogens with one attached hydrogen (secondary N) is 1. The highest BCUT2D eigenvalue weighted by Crippen LogP contribution is 2.19. The normalized spacial score (nSPS) is 12.4. The van der Waals surface area contributed by atoms with E-state index in [-0.39, 0.29) is 11.5 Å². The number of nitrogens with zero attached hydrogens (tertiary/aromatic N) is 3. The predicted octanol–water partition coefficient (Wildman–Crippen LogP) is 2.13. The molecule has 0 saturated carbocycles. The molecule has 3 aromatic heterocycles. The molecule has 3 heterocycles. The van der Waals surface area contributed by atoms with Crippen molar-refractivity contribution in [2.75, 3.05) is 7.11 Å². The molecule has 0 aliphatic carbocycles. The lowest BCUT2D eigenvalue weighted by Crippen LogP contribution is -2.37. The summed E-state index contributed by atoms with van der Waals surface area (Å²) in [6, 6.07) is 10.1. The van der Waals surface area contributed by atoms with Crippen LogP contribution in [-0.4, -0.2) is 27.2 Å². The molecule has 0 bridgehead atoms. The SMILES string of the molecule is COc1ccccc1CNC(=O)[C@H](C)n1ncn2c(cc3occc32)c1=O. The molecule has 1 atom stereocenters. The van der Waals surface area contributed by atoms with Gasteiger partial charge in [0.2, 0.25) is 5.91 Å². The van der Waals surface area contributed by atoms with Crippen LogP contribution in [0, 0.1) is 0 Å². The van der Waals surface area contributed by atoms with Crippen LogP contribution in [-0.2, 0) is 11.3 Å². The second-order valence-electron chi connectivity index (χ2n) is 6.16. The minimum absolute atomic E-state index is 0.294. The van der Waals surface area contributed by atoms with Crippen LogP contribution in [0.3, 0.4) is 0 Å². The van der Waals surface area contributed by atoms with Crippen LogP contribution in [0.1, 0.15) is 18.5 Å². The van der Waals surface area contributed by atoms with E-state index < -0.39 is 6.04 Å². The Kier molecular flexibility index (Phi) is 4.15. The zero-order chi connectivity index (χ0) is 19.0. The number of benzene rings is 1. The maximum atomic E-state index is 12.8. The van der Waals surface area contributed by atoms with Crippen LogP contribution in [0.25, 0.3) is 16.6 Å². The first-order chi connectivity index (χ1) is 13.1. The highest BCUT2D eigenvalue weighted by Gasteiger charge is 2.20. The summed E-state index contributed by atoms with van der Waals surface area (Å²) in [4.78, 5) is 25.3. The minimum atomic E-state index is -0.765. The van der Waals surface area contributed by atoms with Crippen molar-refractivity contribution < 1.29 is 13.9 Å². The van der Waals surface area contributed by atoms with Crippen LogP contribution < -0.4 is 15.6 Å². The Balaban J connectivity index is 1.58. The maximum absolute atomic E-state index is 12.8. The van der Waals surface area contributed by atoms with Crippen LogP contribution in [0.4, 0.5) is 0 Å². The van der Waals surface area contributed by atoms with E-state index in [4.69, 9.17) is 9.15 Å². The van der Waals surface area contributed by atoms with E-state index in [0.717, 1.165) is 11.1 Å². The van der Waals surface area contributed by atoms with Gasteiger partial charge in [0.1, 0.15) is 23.6 Å². The van der Waals surface area contributed by atoms with Gasteiger partial charge in [-0.25, -0.2) is 4.68 Å². The van der Waals surface area contributed by atoms with E-state index in [2.05, 4.69) is 10.4 Å². The summed E-state index contributed by atoms with van der Waals surface area (Å²) in [6.45, 7) is 1.93. The Hall–Kier alpha value is -3.55. The first-order valence-corrected chi connectivity index (χ1v) is 8.46. The molecule has 138 valence electrons. The third kappa shape index (κ3) is 2.84. The van der Waals surface area contributed by atoms with E-state index in [1.54, 1.807) is 36.8 Å². The monoisotopic (exact) mass is 366 g/mol. The zero-order valence-corrected chi connectivity index (χ0v) is 14.9. The smallest absolute Gasteiger partial charge is 0.291 e. The molecular weight excluding hydrogens is 348 g/mol. The number of methoxy groups -OCH3 is 1. The number of hydrogen-bond acceptors (Lipinski definition) is 5. The Morgan fingerprint density at radius 3 is 2.93 bits per heavy atom. The highest BCUT2D eigenvalue weighted by molar-refractivity contribution is 5.82. The maximum Gasteiger partial charge on any atom is 0.291 e. The number of para-hydroxylation sites is 1. The minimum Gasteiger partial charge on any atom is -0.496 e. The first-order valence-electron chi connectivity index (χ1n) is 8.46. The van der Waals surface area contributed by atoms with Gasteiger partial charge in [-0.15, -0.1) is 0 Å². The summed E-state index contributed by atoms with van der Waals surface area (Å²) in [5.74, 6) is 0.382. The molecule has 0 aliphatic rings. The largest absolute Gasteiger partial charge is 0.496 e. The fraction of sp³-hybridized carbons (Fsp3) is 0.211. The van der Waals surface area contributed by atoms with E-state index in [0.29, 0.717) is 23.4 Å². The highest BCUT2D eigenvalue weighted by atomic mass is 16.5. The van der Waals surface area contributed by atoms with Crippen molar-refractivity contribution in [3.05, 3.63) is 64.9 Å². The summed E-state index contributed by atoms with van der Waals surface area (Å²) < 4.78 is 13.4. The number of carbonyl (C=O) groups is 1. The van der Waals surface area contributed by atoms with Gasteiger partial charge in [-0.05, 0) is 13.0 Å². The van der Waals surface area contributed by atoms with Gasteiger partial charge in [0.05, 0.1) is 18.9 Å². The summed E-state index contributed by atoms with van der Waals surface area (Å²) >= 11 is 0. The third-order valence-electron chi connectivity index (χ3n) is 4.57. The molecule has 0 fully saturated rings. The molecule has 0 unspecified atom stereocenters. The van der Waals surface area contributed by atoms with Gasteiger partial charge in [0.25, 0.3) is 5.56 Å². The zero-order valence-electron chi connectivity index (χ0n) is 14.9. The molecule has 8 heteroatoms. The van der Waals surface area contributed by atoms with Gasteiger partial charge >= 0.3 is 0 Å². The first kappa shape index (κ1) is 16.9. The topological polar surface area (TPSA) is 90.8 Å². The van der Waals surface area contributed by atoms with E-state index in [9.17, 15) is 9.59 Å². The molecule has 4 rings (SSSR count). The van der Waals surface area contributed by atoms with Crippen molar-refractivity contribution in [2.24, 2.45) is 0 Å². The molecule has 1 aromatic carbocycles. The Labute approximate surface area is 154 Å². The number of aromatic nitrogens is 3. The molecule has 1 N–H and O–H groups in total. The van der Waals surface area contributed by atoms with Crippen molar-refractivity contribution >= 4 is 22.5 Å². The second-order valence-corrected chi connectivity index (χ2v) is 6.16. The van der Waals surface area contributed by atoms with Crippen LogP contribution >= 0.6 is 0 Å². The number of amides is 1. The summed E-state index contributed by atoms with van der Waals surface area (Å²) in [7, 11) is 1.58. The van der Waals surface area contributed by atoms with Crippen LogP contribution in [0.15, 0.2) is 58.2 Å². The Bertz CT molecular complexity index is 1190. The number of ether oxygens (including phenoxy) is 1. The Morgan fingerprint density at radius 1 is 1.30 bits per heavy atom. The van der Waals surface area contributed by atoms with Crippen molar-refractivity contribution in [2.45, 2.75) is 19.5 Å². The number of fused-ring (bicyclic) bond motifs is 3. The molecule has 0 spiro atoms. The molecule has 4 aromatic rings. The van der Waals surface area contributed by atoms with Crippen molar-refractivity contribution in [1.29, 1.82) is 0 Å². The second kappa shape index (κ2) is 6.64. The molecule has 27 heavy (non-hydrogen) atoms. The quantitative estimate of drug-likeness (QED) is 0.584. The summed E-state index contributed by atoms with van der Waals surface area (Å²) in [6.07, 6.45) is 3.06. The lowest BCUT2D eigenvalue weighted by atomic mass is 10.2. The molecular formula is C19H18N4O4. The van der Waals surface area contributed by atoms with Gasteiger partial charge in [0.15, 0.2) is 5.58 Å². The number of carbonyl (C=O) groups excluding carboxylic acids is 1. The third-order valence-corrected chi connectivity index (χ3v) is 4.57. The van der Waals surface area contributed by atoms with Crippen LogP contribution in [0.5, 0.6) is 5.75 Å². The Morgan fingerprint density at radius 2 is 2.11 bits per heavy atom. The van der Waals surface area contributed by atoms with Gasteiger partial charge in [0, 0.05) is 24.2 Å². The summed E-state index contributed by atoms with van der Waals surface area (Å²) in [5.41, 5.74) is 2.26. The fourth-order valence-corrected chi connectivity index (χ4v) is 3.08. The number of hydrogen-bond donors (Lipinski definition) is 1. The van der Waals surface area contributed by atoms with Gasteiger partial charge in [-0.1, -0.05) is 18.2 Å². The lowest BCUT2D eigenvalue weighted by Gasteiger charge is -2.15. The van der Waals surface area contributed by atoms with Crippen LogP contribution in [0.2, 0.25) is 0 Å². The fourth-order valence-electron chi connectivity index (χ4n) is 3.08. The molecule has 0 aliphatic heterocycles. The average Bonchev–Trinajstić information content (AvgIpc) is 3.28. The average molecular weight is 366 g/mol. The number of rotatable bonds is 5. The lowest BCUT2D eigenvalue weighted by molar-refractivity contribution is -0.124. The van der Waals surface area contributed by atoms with Crippen molar-refractivity contribution in [1.82, 2.24) is 19.5 Å². The van der Waals surface area contributed by atoms with E-state index in [1.807, 2.05) is 24.3 Å². The molecule has 8 nitrogen and oxygen atoms in total. The molecule has 0 radical (unpaired) electrons. The predicted molar refractivity (Wildman–Crippen MR) is 98.8 cm³/mol. The standard InChI is InChI=1S/C19H18N4O4/c1-12(18(24)20-10-13-5-3-4-6-16(13)26-2)23-19(25)15-9-17-14(7-8-27-17)22(15)11-21-23/h3-9,11-12H,10H2,1-2H3,(H,20,24)/t12-/m0/s1. The molecule has 1 amide bonds. The van der Waals surface area contributed by atoms with Gasteiger partial charge < -0.3 is 14.5 Å². The van der Waals surface area contributed by atoms with Crippen molar-refractivity contribution in [3.8, 4) is 5.75 Å². The van der Waals surface area contributed by atoms with E-state index >= 15 is 0 Å².